The molecule has 136 valence electrons. The third-order valence-electron chi connectivity index (χ3n) is 5.54. The van der Waals surface area contributed by atoms with E-state index in [1.54, 1.807) is 6.92 Å². The first-order valence-electron chi connectivity index (χ1n) is 8.74. The molecule has 3 aliphatic carbocycles. The molecule has 2 fully saturated rings. The van der Waals surface area contributed by atoms with Gasteiger partial charge in [-0.05, 0) is 43.7 Å². The molecule has 3 N–H and O–H groups in total. The summed E-state index contributed by atoms with van der Waals surface area (Å²) in [6.07, 6.45) is 6.61. The molecule has 1 aromatic heterocycles. The Hall–Kier alpha value is -2.90. The van der Waals surface area contributed by atoms with E-state index >= 15 is 0 Å². The smallest absolute Gasteiger partial charge is 0.322 e. The fourth-order valence-corrected chi connectivity index (χ4v) is 4.37. The summed E-state index contributed by atoms with van der Waals surface area (Å²) in [5, 5.41) is 14.7. The van der Waals surface area contributed by atoms with Gasteiger partial charge in [-0.25, -0.2) is 9.78 Å². The molecule has 0 aromatic carbocycles. The Balaban J connectivity index is 1.46. The molecule has 1 aliphatic heterocycles. The molecule has 8 heteroatoms. The molecule has 2 heterocycles. The van der Waals surface area contributed by atoms with Crippen LogP contribution in [0.1, 0.15) is 19.8 Å². The van der Waals surface area contributed by atoms with Crippen LogP contribution >= 0.6 is 0 Å². The standard InChI is InChI=1S/C18H20N4O4/c1-9(20-18(26)21-15-12(23)3-2-8-19-15)22-16(24)13-10-4-5-11(7-6-10)14(13)17(22)25/h2-5,8-11,13-14,23H,6-7H2,1H3,(H2,19,20,21,26)/t9-,10+,11+,13+,14+/m1/s1. The summed E-state index contributed by atoms with van der Waals surface area (Å²) >= 11 is 0. The maximum Gasteiger partial charge on any atom is 0.322 e. The van der Waals surface area contributed by atoms with Crippen LogP contribution in [-0.2, 0) is 9.59 Å². The average Bonchev–Trinajstić information content (AvgIpc) is 2.91. The minimum atomic E-state index is -0.786. The first-order valence-corrected chi connectivity index (χ1v) is 8.74. The highest BCUT2D eigenvalue weighted by Crippen LogP contribution is 2.49. The number of pyridine rings is 1. The molecule has 0 unspecified atom stereocenters. The number of imide groups is 1. The number of aromatic hydroxyl groups is 1. The molecular weight excluding hydrogens is 336 g/mol. The fourth-order valence-electron chi connectivity index (χ4n) is 4.37. The van der Waals surface area contributed by atoms with Gasteiger partial charge in [0.2, 0.25) is 11.8 Å². The number of urea groups is 1. The van der Waals surface area contributed by atoms with Gasteiger partial charge in [-0.15, -0.1) is 0 Å². The summed E-state index contributed by atoms with van der Waals surface area (Å²) in [7, 11) is 0. The number of aromatic nitrogens is 1. The van der Waals surface area contributed by atoms with Crippen LogP contribution in [0.25, 0.3) is 0 Å². The van der Waals surface area contributed by atoms with Gasteiger partial charge in [0.25, 0.3) is 0 Å². The molecular formula is C18H20N4O4. The Morgan fingerprint density at radius 2 is 1.85 bits per heavy atom. The second-order valence-electron chi connectivity index (χ2n) is 7.03. The zero-order chi connectivity index (χ0) is 18.4. The Kier molecular flexibility index (Phi) is 3.90. The van der Waals surface area contributed by atoms with E-state index in [1.165, 1.54) is 23.2 Å². The number of carbonyl (C=O) groups excluding carboxylic acids is 3. The monoisotopic (exact) mass is 356 g/mol. The van der Waals surface area contributed by atoms with Crippen molar-refractivity contribution >= 4 is 23.7 Å². The zero-order valence-corrected chi connectivity index (χ0v) is 14.3. The van der Waals surface area contributed by atoms with Gasteiger partial charge in [0.15, 0.2) is 11.6 Å². The number of rotatable bonds is 3. The molecule has 5 atom stereocenters. The van der Waals surface area contributed by atoms with Crippen LogP contribution in [-0.4, -0.2) is 39.0 Å². The molecule has 4 amide bonds. The van der Waals surface area contributed by atoms with Gasteiger partial charge in [-0.3, -0.25) is 19.8 Å². The molecule has 4 aliphatic rings. The average molecular weight is 356 g/mol. The summed E-state index contributed by atoms with van der Waals surface area (Å²) in [4.78, 5) is 42.8. The van der Waals surface area contributed by atoms with Gasteiger partial charge in [0, 0.05) is 6.20 Å². The van der Waals surface area contributed by atoms with E-state index in [2.05, 4.69) is 27.8 Å². The van der Waals surface area contributed by atoms with Gasteiger partial charge >= 0.3 is 6.03 Å². The van der Waals surface area contributed by atoms with Crippen molar-refractivity contribution in [2.75, 3.05) is 5.32 Å². The summed E-state index contributed by atoms with van der Waals surface area (Å²) in [5.74, 6) is -0.989. The maximum atomic E-state index is 12.8. The second-order valence-corrected chi connectivity index (χ2v) is 7.03. The lowest BCUT2D eigenvalue weighted by Crippen LogP contribution is -2.50. The van der Waals surface area contributed by atoms with Gasteiger partial charge < -0.3 is 10.4 Å². The third-order valence-corrected chi connectivity index (χ3v) is 5.54. The Bertz CT molecular complexity index is 776. The van der Waals surface area contributed by atoms with Crippen LogP contribution in [0.5, 0.6) is 5.75 Å². The highest BCUT2D eigenvalue weighted by atomic mass is 16.3. The Labute approximate surface area is 150 Å². The van der Waals surface area contributed by atoms with Crippen molar-refractivity contribution in [2.24, 2.45) is 23.7 Å². The van der Waals surface area contributed by atoms with Crippen LogP contribution in [0.2, 0.25) is 0 Å². The predicted octanol–water partition coefficient (Wildman–Crippen LogP) is 1.45. The van der Waals surface area contributed by atoms with E-state index in [0.717, 1.165) is 12.8 Å². The normalized spacial score (nSPS) is 30.3. The molecule has 0 radical (unpaired) electrons. The largest absolute Gasteiger partial charge is 0.504 e. The lowest BCUT2D eigenvalue weighted by molar-refractivity contribution is -0.142. The number of nitrogens with one attached hydrogen (secondary N) is 2. The van der Waals surface area contributed by atoms with E-state index in [1.807, 2.05) is 0 Å². The summed E-state index contributed by atoms with van der Waals surface area (Å²) in [5.41, 5.74) is 0. The van der Waals surface area contributed by atoms with Gasteiger partial charge in [0.1, 0.15) is 6.17 Å². The van der Waals surface area contributed by atoms with Gasteiger partial charge in [-0.2, -0.15) is 0 Å². The first kappa shape index (κ1) is 16.6. The zero-order valence-electron chi connectivity index (χ0n) is 14.3. The molecule has 8 nitrogen and oxygen atoms in total. The number of amides is 4. The van der Waals surface area contributed by atoms with Crippen LogP contribution in [0.3, 0.4) is 0 Å². The number of likely N-dealkylation sites (tertiary alicyclic amines) is 1. The molecule has 1 saturated heterocycles. The quantitative estimate of drug-likeness (QED) is 0.561. The Morgan fingerprint density at radius 3 is 2.38 bits per heavy atom. The van der Waals surface area contributed by atoms with Crippen molar-refractivity contribution in [3.05, 3.63) is 30.5 Å². The predicted molar refractivity (Wildman–Crippen MR) is 91.7 cm³/mol. The molecule has 5 rings (SSSR count). The van der Waals surface area contributed by atoms with Crippen molar-refractivity contribution in [1.82, 2.24) is 15.2 Å². The highest BCUT2D eigenvalue weighted by Gasteiger charge is 2.57. The van der Waals surface area contributed by atoms with E-state index in [4.69, 9.17) is 0 Å². The highest BCUT2D eigenvalue weighted by molar-refractivity contribution is 6.06. The summed E-state index contributed by atoms with van der Waals surface area (Å²) < 4.78 is 0. The fraction of sp³-hybridized carbons (Fsp3) is 0.444. The number of allylic oxidation sites excluding steroid dienone is 2. The maximum absolute atomic E-state index is 12.8. The SMILES string of the molecule is C[C@H](NC(=O)Nc1ncccc1O)N1C(=O)[C@@H]2[C@@H](C1=O)[C@H]1C=C[C@H]2CC1. The van der Waals surface area contributed by atoms with E-state index < -0.39 is 12.2 Å². The lowest BCUT2D eigenvalue weighted by atomic mass is 9.63. The van der Waals surface area contributed by atoms with Crippen molar-refractivity contribution in [1.29, 1.82) is 0 Å². The van der Waals surface area contributed by atoms with Gasteiger partial charge in [-0.1, -0.05) is 12.2 Å². The number of anilines is 1. The molecule has 1 aromatic rings. The van der Waals surface area contributed by atoms with Crippen molar-refractivity contribution in [3.63, 3.8) is 0 Å². The van der Waals surface area contributed by atoms with Crippen LogP contribution in [0.4, 0.5) is 10.6 Å². The number of fused-ring (bicyclic) bond motifs is 1. The number of nitrogens with zero attached hydrogens (tertiary/aromatic N) is 2. The van der Waals surface area contributed by atoms with E-state index in [0.29, 0.717) is 0 Å². The van der Waals surface area contributed by atoms with Crippen molar-refractivity contribution in [2.45, 2.75) is 25.9 Å². The molecule has 1 saturated carbocycles. The van der Waals surface area contributed by atoms with Crippen LogP contribution in [0.15, 0.2) is 30.5 Å². The van der Waals surface area contributed by atoms with Crippen LogP contribution < -0.4 is 10.6 Å². The topological polar surface area (TPSA) is 112 Å². The second kappa shape index (κ2) is 6.12. The first-order chi connectivity index (χ1) is 12.5. The summed E-state index contributed by atoms with van der Waals surface area (Å²) in [6, 6.07) is 2.28. The van der Waals surface area contributed by atoms with E-state index in [-0.39, 0.29) is 47.1 Å². The minimum Gasteiger partial charge on any atom is -0.504 e. The summed E-state index contributed by atoms with van der Waals surface area (Å²) in [6.45, 7) is 1.60. The Morgan fingerprint density at radius 1 is 1.23 bits per heavy atom. The number of hydrogen-bond donors (Lipinski definition) is 3. The van der Waals surface area contributed by atoms with Crippen LogP contribution in [0, 0.1) is 23.7 Å². The van der Waals surface area contributed by atoms with Gasteiger partial charge in [0.05, 0.1) is 11.8 Å². The van der Waals surface area contributed by atoms with Crippen molar-refractivity contribution < 1.29 is 19.5 Å². The minimum absolute atomic E-state index is 0.00666. The number of carbonyl (C=O) groups is 3. The van der Waals surface area contributed by atoms with Crippen molar-refractivity contribution in [3.8, 4) is 5.75 Å². The third kappa shape index (κ3) is 2.53. The molecule has 2 bridgehead atoms. The molecule has 0 spiro atoms. The lowest BCUT2D eigenvalue weighted by Gasteiger charge is -2.38. The van der Waals surface area contributed by atoms with E-state index in [9.17, 15) is 19.5 Å². The molecule has 26 heavy (non-hydrogen) atoms. The number of hydrogen-bond acceptors (Lipinski definition) is 5.